The Morgan fingerprint density at radius 3 is 2.40 bits per heavy atom. The molecule has 0 fully saturated rings. The Kier molecular flexibility index (Phi) is 1.70. The van der Waals surface area contributed by atoms with Crippen molar-refractivity contribution in [2.45, 2.75) is 12.2 Å². The van der Waals surface area contributed by atoms with E-state index in [0.29, 0.717) is 0 Å². The number of hydrogen-bond donors (Lipinski definition) is 1. The second kappa shape index (κ2) is 2.36. The first-order valence-corrected chi connectivity index (χ1v) is 2.68. The first kappa shape index (κ1) is 7.18. The van der Waals surface area contributed by atoms with Gasteiger partial charge in [0.05, 0.1) is 0 Å². The zero-order valence-electron chi connectivity index (χ0n) is 4.94. The van der Waals surface area contributed by atoms with Gasteiger partial charge in [-0.1, -0.05) is 12.2 Å². The van der Waals surface area contributed by atoms with E-state index in [0.717, 1.165) is 12.3 Å². The number of halogens is 3. The summed E-state index contributed by atoms with van der Waals surface area (Å²) in [4.78, 5) is 0. The Balaban J connectivity index is 2.60. The molecule has 1 atom stereocenters. The highest BCUT2D eigenvalue weighted by molar-refractivity contribution is 5.09. The molecule has 10 heavy (non-hydrogen) atoms. The van der Waals surface area contributed by atoms with Crippen LogP contribution in [0.5, 0.6) is 0 Å². The molecule has 0 aromatic rings. The maximum Gasteiger partial charge on any atom is 0.412 e. The van der Waals surface area contributed by atoms with E-state index in [-0.39, 0.29) is 0 Å². The van der Waals surface area contributed by atoms with Crippen LogP contribution < -0.4 is 5.32 Å². The molecule has 1 unspecified atom stereocenters. The van der Waals surface area contributed by atoms with Gasteiger partial charge in [-0.3, -0.25) is 0 Å². The summed E-state index contributed by atoms with van der Waals surface area (Å²) in [7, 11) is 0. The topological polar surface area (TPSA) is 12.0 Å². The average Bonchev–Trinajstić information content (AvgIpc) is 1.88. The van der Waals surface area contributed by atoms with Gasteiger partial charge in [0.2, 0.25) is 0 Å². The van der Waals surface area contributed by atoms with Gasteiger partial charge in [-0.05, 0) is 6.08 Å². The summed E-state index contributed by atoms with van der Waals surface area (Å²) < 4.78 is 35.3. The highest BCUT2D eigenvalue weighted by Gasteiger charge is 2.37. The van der Waals surface area contributed by atoms with Crippen LogP contribution in [0.4, 0.5) is 13.2 Å². The zero-order chi connectivity index (χ0) is 7.61. The minimum atomic E-state index is -4.20. The molecule has 1 rings (SSSR count). The fourth-order valence-corrected chi connectivity index (χ4v) is 0.597. The molecule has 0 amide bonds. The lowest BCUT2D eigenvalue weighted by atomic mass is 10.2. The molecule has 0 saturated carbocycles. The number of rotatable bonds is 0. The number of hydrogen-bond acceptors (Lipinski definition) is 1. The smallest absolute Gasteiger partial charge is 0.376 e. The molecule has 0 aromatic heterocycles. The number of nitrogens with one attached hydrogen (secondary N) is 1. The lowest BCUT2D eigenvalue weighted by Gasteiger charge is -2.18. The number of allylic oxidation sites excluding steroid dienone is 2. The molecule has 0 bridgehead atoms. The molecule has 1 heterocycles. The van der Waals surface area contributed by atoms with Crippen LogP contribution in [0.3, 0.4) is 0 Å². The van der Waals surface area contributed by atoms with Gasteiger partial charge < -0.3 is 5.32 Å². The van der Waals surface area contributed by atoms with Gasteiger partial charge in [-0.25, -0.2) is 0 Å². The molecule has 1 aliphatic rings. The normalized spacial score (nSPS) is 24.5. The number of dihydropyridines is 1. The van der Waals surface area contributed by atoms with Crippen molar-refractivity contribution in [1.82, 2.24) is 5.32 Å². The van der Waals surface area contributed by atoms with Crippen LogP contribution in [-0.2, 0) is 0 Å². The van der Waals surface area contributed by atoms with Gasteiger partial charge >= 0.3 is 6.18 Å². The third kappa shape index (κ3) is 1.52. The first-order valence-electron chi connectivity index (χ1n) is 2.68. The largest absolute Gasteiger partial charge is 0.412 e. The summed E-state index contributed by atoms with van der Waals surface area (Å²) in [5, 5.41) is 2.11. The predicted octanol–water partition coefficient (Wildman–Crippen LogP) is 1.39. The van der Waals surface area contributed by atoms with Gasteiger partial charge in [0.25, 0.3) is 0 Å². The van der Waals surface area contributed by atoms with Crippen LogP contribution in [0.2, 0.25) is 0 Å². The Morgan fingerprint density at radius 2 is 2.10 bits per heavy atom. The van der Waals surface area contributed by atoms with E-state index in [9.17, 15) is 13.2 Å². The Bertz CT molecular complexity index is 168. The van der Waals surface area contributed by atoms with E-state index in [1.807, 2.05) is 0 Å². The first-order chi connectivity index (χ1) is 4.61. The molecular formula is C6H5F3N. The van der Waals surface area contributed by atoms with Crippen molar-refractivity contribution in [2.75, 3.05) is 0 Å². The molecular weight excluding hydrogens is 143 g/mol. The van der Waals surface area contributed by atoms with E-state index < -0.39 is 12.2 Å². The standard InChI is InChI=1S/C6H5F3N/c7-6(8,9)5-3-1-2-4-10-5/h1,3-5,10H. The van der Waals surface area contributed by atoms with Crippen LogP contribution in [0, 0.1) is 6.08 Å². The second-order valence-electron chi connectivity index (χ2n) is 1.86. The third-order valence-electron chi connectivity index (χ3n) is 1.08. The monoisotopic (exact) mass is 148 g/mol. The SMILES string of the molecule is FC(F)(F)C1C=C[C]=CN1. The van der Waals surface area contributed by atoms with Crippen molar-refractivity contribution in [3.8, 4) is 0 Å². The van der Waals surface area contributed by atoms with Gasteiger partial charge in [0.1, 0.15) is 6.04 Å². The lowest BCUT2D eigenvalue weighted by molar-refractivity contribution is -0.142. The summed E-state index contributed by atoms with van der Waals surface area (Å²) in [5.41, 5.74) is 0. The fraction of sp³-hybridized carbons (Fsp3) is 0.333. The van der Waals surface area contributed by atoms with Crippen molar-refractivity contribution in [1.29, 1.82) is 0 Å². The van der Waals surface area contributed by atoms with Crippen LogP contribution in [-0.4, -0.2) is 12.2 Å². The fourth-order valence-electron chi connectivity index (χ4n) is 0.597. The minimum Gasteiger partial charge on any atom is -0.376 e. The van der Waals surface area contributed by atoms with E-state index in [1.165, 1.54) is 6.08 Å². The summed E-state index contributed by atoms with van der Waals surface area (Å²) >= 11 is 0. The molecule has 55 valence electrons. The highest BCUT2D eigenvalue weighted by Crippen LogP contribution is 2.21. The highest BCUT2D eigenvalue weighted by atomic mass is 19.4. The Labute approximate surface area is 56.2 Å². The molecule has 1 aliphatic heterocycles. The summed E-state index contributed by atoms with van der Waals surface area (Å²) in [6, 6.07) is -1.55. The molecule has 1 N–H and O–H groups in total. The summed E-state index contributed by atoms with van der Waals surface area (Å²) in [6.45, 7) is 0. The predicted molar refractivity (Wildman–Crippen MR) is 29.9 cm³/mol. The quantitative estimate of drug-likeness (QED) is 0.547. The van der Waals surface area contributed by atoms with E-state index in [1.54, 1.807) is 0 Å². The average molecular weight is 148 g/mol. The molecule has 0 saturated heterocycles. The van der Waals surface area contributed by atoms with E-state index >= 15 is 0 Å². The van der Waals surface area contributed by atoms with Crippen molar-refractivity contribution in [3.63, 3.8) is 0 Å². The van der Waals surface area contributed by atoms with Crippen molar-refractivity contribution in [3.05, 3.63) is 24.4 Å². The lowest BCUT2D eigenvalue weighted by Crippen LogP contribution is -2.38. The molecule has 0 spiro atoms. The van der Waals surface area contributed by atoms with Gasteiger partial charge in [-0.2, -0.15) is 13.2 Å². The maximum absolute atomic E-state index is 11.8. The summed E-state index contributed by atoms with van der Waals surface area (Å²) in [6.07, 6.45) is 1.68. The van der Waals surface area contributed by atoms with E-state index in [4.69, 9.17) is 0 Å². The van der Waals surface area contributed by atoms with Gasteiger partial charge in [0.15, 0.2) is 0 Å². The van der Waals surface area contributed by atoms with Crippen molar-refractivity contribution >= 4 is 0 Å². The Morgan fingerprint density at radius 1 is 1.40 bits per heavy atom. The van der Waals surface area contributed by atoms with Crippen molar-refractivity contribution < 1.29 is 13.2 Å². The second-order valence-corrected chi connectivity index (χ2v) is 1.86. The molecule has 1 nitrogen and oxygen atoms in total. The third-order valence-corrected chi connectivity index (χ3v) is 1.08. The van der Waals surface area contributed by atoms with E-state index in [2.05, 4.69) is 11.4 Å². The summed E-state index contributed by atoms with van der Waals surface area (Å²) in [5.74, 6) is 0. The van der Waals surface area contributed by atoms with Gasteiger partial charge in [-0.15, -0.1) is 0 Å². The molecule has 0 aromatic carbocycles. The maximum atomic E-state index is 11.8. The Hall–Kier alpha value is -0.930. The van der Waals surface area contributed by atoms with Crippen LogP contribution in [0.1, 0.15) is 0 Å². The van der Waals surface area contributed by atoms with Crippen LogP contribution >= 0.6 is 0 Å². The number of alkyl halides is 3. The van der Waals surface area contributed by atoms with Crippen LogP contribution in [0.15, 0.2) is 18.4 Å². The minimum absolute atomic E-state index is 1.01. The zero-order valence-corrected chi connectivity index (χ0v) is 4.94. The molecule has 1 radical (unpaired) electrons. The van der Waals surface area contributed by atoms with Crippen LogP contribution in [0.25, 0.3) is 0 Å². The van der Waals surface area contributed by atoms with Gasteiger partial charge in [0, 0.05) is 6.20 Å². The molecule has 0 aliphatic carbocycles. The van der Waals surface area contributed by atoms with Crippen molar-refractivity contribution in [2.24, 2.45) is 0 Å². The molecule has 4 heteroatoms.